The highest BCUT2D eigenvalue weighted by Gasteiger charge is 2.10. The van der Waals surface area contributed by atoms with Gasteiger partial charge in [0.1, 0.15) is 11.6 Å². The fourth-order valence-corrected chi connectivity index (χ4v) is 2.04. The maximum atomic E-state index is 11.7. The van der Waals surface area contributed by atoms with Crippen LogP contribution >= 0.6 is 11.6 Å². The van der Waals surface area contributed by atoms with Crippen LogP contribution in [0.3, 0.4) is 0 Å². The number of methoxy groups -OCH3 is 1. The van der Waals surface area contributed by atoms with Crippen molar-refractivity contribution in [2.24, 2.45) is 0 Å². The normalized spacial score (nSPS) is 10.5. The molecule has 0 atom stereocenters. The second-order valence-electron chi connectivity index (χ2n) is 4.18. The number of aromatic amines is 1. The number of halogens is 1. The summed E-state index contributed by atoms with van der Waals surface area (Å²) in [5, 5.41) is 0.577. The number of nitrogens with zero attached hydrogens (tertiary/aromatic N) is 1. The van der Waals surface area contributed by atoms with Crippen molar-refractivity contribution in [2.45, 2.75) is 19.8 Å². The van der Waals surface area contributed by atoms with Gasteiger partial charge in [0.2, 0.25) is 0 Å². The van der Waals surface area contributed by atoms with E-state index in [1.165, 1.54) is 6.07 Å². The van der Waals surface area contributed by atoms with Crippen molar-refractivity contribution in [1.29, 1.82) is 0 Å². The molecule has 1 N–H and O–H groups in total. The fourth-order valence-electron chi connectivity index (χ4n) is 1.88. The van der Waals surface area contributed by atoms with Gasteiger partial charge in [-0.05, 0) is 24.6 Å². The molecule has 1 aromatic heterocycles. The summed E-state index contributed by atoms with van der Waals surface area (Å²) < 4.78 is 5.27. The zero-order valence-corrected chi connectivity index (χ0v) is 11.6. The highest BCUT2D eigenvalue weighted by Crippen LogP contribution is 2.29. The van der Waals surface area contributed by atoms with Gasteiger partial charge in [0.05, 0.1) is 12.7 Å². The minimum Gasteiger partial charge on any atom is -0.496 e. The predicted molar refractivity (Wildman–Crippen MR) is 75.9 cm³/mol. The monoisotopic (exact) mass is 278 g/mol. The summed E-state index contributed by atoms with van der Waals surface area (Å²) in [6.45, 7) is 2.05. The summed E-state index contributed by atoms with van der Waals surface area (Å²) in [5.74, 6) is 1.09. The van der Waals surface area contributed by atoms with Crippen molar-refractivity contribution < 1.29 is 4.74 Å². The number of ether oxygens (including phenoxy) is 1. The molecule has 0 fully saturated rings. The summed E-state index contributed by atoms with van der Waals surface area (Å²) in [5.41, 5.74) is 1.34. The van der Waals surface area contributed by atoms with Gasteiger partial charge in [0.25, 0.3) is 5.56 Å². The quantitative estimate of drug-likeness (QED) is 0.935. The third-order valence-corrected chi connectivity index (χ3v) is 2.95. The molecule has 0 unspecified atom stereocenters. The number of aryl methyl sites for hydroxylation is 1. The van der Waals surface area contributed by atoms with Crippen molar-refractivity contribution in [3.63, 3.8) is 0 Å². The Morgan fingerprint density at radius 1 is 1.37 bits per heavy atom. The van der Waals surface area contributed by atoms with E-state index in [9.17, 15) is 4.79 Å². The highest BCUT2D eigenvalue weighted by molar-refractivity contribution is 6.30. The molecular weight excluding hydrogens is 264 g/mol. The lowest BCUT2D eigenvalue weighted by molar-refractivity contribution is 0.416. The molecule has 2 aromatic rings. The van der Waals surface area contributed by atoms with E-state index < -0.39 is 0 Å². The Balaban J connectivity index is 2.55. The molecule has 0 saturated carbocycles. The van der Waals surface area contributed by atoms with E-state index >= 15 is 0 Å². The van der Waals surface area contributed by atoms with Gasteiger partial charge in [0, 0.05) is 16.8 Å². The van der Waals surface area contributed by atoms with Crippen molar-refractivity contribution in [3.05, 3.63) is 45.3 Å². The zero-order chi connectivity index (χ0) is 13.8. The van der Waals surface area contributed by atoms with Crippen LogP contribution in [-0.2, 0) is 6.42 Å². The molecule has 19 heavy (non-hydrogen) atoms. The lowest BCUT2D eigenvalue weighted by atomic mass is 10.1. The average molecular weight is 279 g/mol. The molecule has 0 bridgehead atoms. The Bertz CT molecular complexity index is 638. The Morgan fingerprint density at radius 3 is 2.84 bits per heavy atom. The Morgan fingerprint density at radius 2 is 2.16 bits per heavy atom. The molecule has 0 saturated heterocycles. The number of hydrogen-bond donors (Lipinski definition) is 1. The van der Waals surface area contributed by atoms with Gasteiger partial charge in [-0.1, -0.05) is 24.9 Å². The van der Waals surface area contributed by atoms with Crippen molar-refractivity contribution in [3.8, 4) is 17.1 Å². The molecule has 5 heteroatoms. The summed E-state index contributed by atoms with van der Waals surface area (Å²) in [7, 11) is 1.56. The van der Waals surface area contributed by atoms with Crippen molar-refractivity contribution >= 4 is 11.6 Å². The van der Waals surface area contributed by atoms with Gasteiger partial charge in [-0.2, -0.15) is 0 Å². The first-order chi connectivity index (χ1) is 9.13. The van der Waals surface area contributed by atoms with E-state index in [1.54, 1.807) is 25.3 Å². The fraction of sp³-hybridized carbons (Fsp3) is 0.286. The number of H-pyrrole nitrogens is 1. The van der Waals surface area contributed by atoms with Gasteiger partial charge >= 0.3 is 0 Å². The molecule has 1 heterocycles. The van der Waals surface area contributed by atoms with Crippen LogP contribution in [0.25, 0.3) is 11.4 Å². The molecule has 0 aliphatic rings. The average Bonchev–Trinajstić information content (AvgIpc) is 2.38. The summed E-state index contributed by atoms with van der Waals surface area (Å²) >= 11 is 5.92. The molecule has 0 aliphatic heterocycles. The van der Waals surface area contributed by atoms with Crippen LogP contribution in [0.1, 0.15) is 19.0 Å². The number of hydrogen-bond acceptors (Lipinski definition) is 3. The van der Waals surface area contributed by atoms with Crippen molar-refractivity contribution in [2.75, 3.05) is 7.11 Å². The Kier molecular flexibility index (Phi) is 4.22. The van der Waals surface area contributed by atoms with Gasteiger partial charge in [0.15, 0.2) is 0 Å². The van der Waals surface area contributed by atoms with Crippen LogP contribution in [-0.4, -0.2) is 17.1 Å². The van der Waals surface area contributed by atoms with Gasteiger partial charge in [-0.25, -0.2) is 4.98 Å². The molecule has 0 aliphatic carbocycles. The first-order valence-electron chi connectivity index (χ1n) is 6.08. The van der Waals surface area contributed by atoms with Gasteiger partial charge in [-0.15, -0.1) is 0 Å². The first-order valence-corrected chi connectivity index (χ1v) is 6.46. The molecule has 0 radical (unpaired) electrons. The van der Waals surface area contributed by atoms with Gasteiger partial charge < -0.3 is 9.72 Å². The van der Waals surface area contributed by atoms with E-state index in [0.717, 1.165) is 24.1 Å². The molecule has 100 valence electrons. The van der Waals surface area contributed by atoms with Crippen LogP contribution in [0.15, 0.2) is 29.1 Å². The molecule has 0 amide bonds. The van der Waals surface area contributed by atoms with E-state index in [-0.39, 0.29) is 5.56 Å². The Labute approximate surface area is 116 Å². The molecule has 2 rings (SSSR count). The second-order valence-corrected chi connectivity index (χ2v) is 4.62. The second kappa shape index (κ2) is 5.89. The van der Waals surface area contributed by atoms with Crippen LogP contribution in [0.5, 0.6) is 5.75 Å². The topological polar surface area (TPSA) is 55.0 Å². The van der Waals surface area contributed by atoms with Crippen molar-refractivity contribution in [1.82, 2.24) is 9.97 Å². The lowest BCUT2D eigenvalue weighted by Crippen LogP contribution is -2.10. The smallest absolute Gasteiger partial charge is 0.251 e. The maximum absolute atomic E-state index is 11.7. The molecule has 4 nitrogen and oxygen atoms in total. The van der Waals surface area contributed by atoms with E-state index in [0.29, 0.717) is 16.6 Å². The SMILES string of the molecule is CCCc1cc(=O)[nH]c(-c2ccc(Cl)cc2OC)n1. The number of benzene rings is 1. The maximum Gasteiger partial charge on any atom is 0.251 e. The zero-order valence-electron chi connectivity index (χ0n) is 10.9. The first kappa shape index (κ1) is 13.6. The third-order valence-electron chi connectivity index (χ3n) is 2.72. The van der Waals surface area contributed by atoms with Crippen LogP contribution in [0.2, 0.25) is 5.02 Å². The predicted octanol–water partition coefficient (Wildman–Crippen LogP) is 3.05. The largest absolute Gasteiger partial charge is 0.496 e. The van der Waals surface area contributed by atoms with E-state index in [1.807, 2.05) is 6.92 Å². The van der Waals surface area contributed by atoms with E-state index in [4.69, 9.17) is 16.3 Å². The highest BCUT2D eigenvalue weighted by atomic mass is 35.5. The number of rotatable bonds is 4. The Hall–Kier alpha value is -1.81. The summed E-state index contributed by atoms with van der Waals surface area (Å²) in [6, 6.07) is 6.75. The molecule has 0 spiro atoms. The molecular formula is C14H15ClN2O2. The number of nitrogens with one attached hydrogen (secondary N) is 1. The lowest BCUT2D eigenvalue weighted by Gasteiger charge is -2.09. The van der Waals surface area contributed by atoms with Crippen LogP contribution in [0, 0.1) is 0 Å². The summed E-state index contributed by atoms with van der Waals surface area (Å²) in [4.78, 5) is 18.8. The van der Waals surface area contributed by atoms with Gasteiger partial charge in [-0.3, -0.25) is 4.79 Å². The minimum atomic E-state index is -0.162. The number of aromatic nitrogens is 2. The summed E-state index contributed by atoms with van der Waals surface area (Å²) in [6.07, 6.45) is 1.71. The van der Waals surface area contributed by atoms with Crippen LogP contribution < -0.4 is 10.3 Å². The molecule has 1 aromatic carbocycles. The van der Waals surface area contributed by atoms with Crippen LogP contribution in [0.4, 0.5) is 0 Å². The van der Waals surface area contributed by atoms with E-state index in [2.05, 4.69) is 9.97 Å². The standard InChI is InChI=1S/C14H15ClN2O2/c1-3-4-10-8-13(18)17-14(16-10)11-6-5-9(15)7-12(11)19-2/h5-8H,3-4H2,1-2H3,(H,16,17,18). The minimum absolute atomic E-state index is 0.162. The third kappa shape index (κ3) is 3.15.